The molecule has 8 nitrogen and oxygen atoms in total. The molecule has 0 bridgehead atoms. The quantitative estimate of drug-likeness (QED) is 0.548. The van der Waals surface area contributed by atoms with Gasteiger partial charge in [0.15, 0.2) is 11.5 Å². The molecule has 2 aromatic carbocycles. The number of benzene rings is 2. The summed E-state index contributed by atoms with van der Waals surface area (Å²) in [6, 6.07) is 14.3. The SMILES string of the molecule is COc1ccc(-c2nc(Cn3c(O)c(N=O)c4ccccc43)no2)cc1. The van der Waals surface area contributed by atoms with Gasteiger partial charge in [0.25, 0.3) is 5.89 Å². The summed E-state index contributed by atoms with van der Waals surface area (Å²) in [5, 5.41) is 17.8. The fourth-order valence-corrected chi connectivity index (χ4v) is 2.83. The molecule has 0 amide bonds. The lowest BCUT2D eigenvalue weighted by molar-refractivity contribution is 0.408. The van der Waals surface area contributed by atoms with Crippen molar-refractivity contribution in [2.75, 3.05) is 7.11 Å². The number of aromatic nitrogens is 3. The van der Waals surface area contributed by atoms with Gasteiger partial charge in [-0.25, -0.2) is 0 Å². The normalized spacial score (nSPS) is 11.0. The van der Waals surface area contributed by atoms with E-state index in [1.165, 1.54) is 4.57 Å². The van der Waals surface area contributed by atoms with Crippen LogP contribution < -0.4 is 4.74 Å². The van der Waals surface area contributed by atoms with Crippen LogP contribution in [0.25, 0.3) is 22.4 Å². The van der Waals surface area contributed by atoms with Crippen LogP contribution in [0.15, 0.2) is 58.2 Å². The number of ether oxygens (including phenoxy) is 1. The van der Waals surface area contributed by atoms with Crippen molar-refractivity contribution in [1.82, 2.24) is 14.7 Å². The number of nitroso groups, excluding NO2 is 1. The molecule has 4 aromatic rings. The summed E-state index contributed by atoms with van der Waals surface area (Å²) in [5.41, 5.74) is 1.41. The van der Waals surface area contributed by atoms with E-state index in [-0.39, 0.29) is 18.1 Å². The summed E-state index contributed by atoms with van der Waals surface area (Å²) in [6.45, 7) is 0.140. The number of methoxy groups -OCH3 is 1. The van der Waals surface area contributed by atoms with Crippen LogP contribution in [0.3, 0.4) is 0 Å². The van der Waals surface area contributed by atoms with Crippen molar-refractivity contribution in [2.24, 2.45) is 5.18 Å². The maximum absolute atomic E-state index is 11.1. The van der Waals surface area contributed by atoms with Gasteiger partial charge in [0.2, 0.25) is 5.88 Å². The van der Waals surface area contributed by atoms with Crippen LogP contribution in [-0.4, -0.2) is 26.9 Å². The average molecular weight is 350 g/mol. The van der Waals surface area contributed by atoms with Gasteiger partial charge in [-0.05, 0) is 35.5 Å². The first kappa shape index (κ1) is 15.8. The third-order valence-electron chi connectivity index (χ3n) is 4.11. The van der Waals surface area contributed by atoms with Crippen LogP contribution in [0.4, 0.5) is 5.69 Å². The van der Waals surface area contributed by atoms with Crippen LogP contribution in [0.5, 0.6) is 11.6 Å². The van der Waals surface area contributed by atoms with Gasteiger partial charge in [-0.15, -0.1) is 4.91 Å². The lowest BCUT2D eigenvalue weighted by atomic mass is 10.2. The number of aromatic hydroxyl groups is 1. The molecule has 2 heterocycles. The van der Waals surface area contributed by atoms with E-state index in [1.54, 1.807) is 37.4 Å². The lowest BCUT2D eigenvalue weighted by Gasteiger charge is -2.02. The average Bonchev–Trinajstić information content (AvgIpc) is 3.25. The smallest absolute Gasteiger partial charge is 0.257 e. The Balaban J connectivity index is 1.68. The molecule has 0 aliphatic carbocycles. The van der Waals surface area contributed by atoms with Gasteiger partial charge in [-0.3, -0.25) is 0 Å². The maximum Gasteiger partial charge on any atom is 0.257 e. The number of rotatable bonds is 5. The Labute approximate surface area is 147 Å². The van der Waals surface area contributed by atoms with Gasteiger partial charge in [0.1, 0.15) is 5.75 Å². The third-order valence-corrected chi connectivity index (χ3v) is 4.11. The summed E-state index contributed by atoms with van der Waals surface area (Å²) in [5.74, 6) is 1.22. The number of hydrogen-bond acceptors (Lipinski definition) is 7. The van der Waals surface area contributed by atoms with Crippen molar-refractivity contribution in [1.29, 1.82) is 0 Å². The highest BCUT2D eigenvalue weighted by atomic mass is 16.5. The predicted molar refractivity (Wildman–Crippen MR) is 94.4 cm³/mol. The molecular formula is C18H14N4O4. The standard InChI is InChI=1S/C18H14N4O4/c1-25-12-8-6-11(7-9-12)17-19-15(21-26-17)10-22-14-5-3-2-4-13(14)16(20-24)18(22)23/h2-9,23H,10H2,1H3. The van der Waals surface area contributed by atoms with Crippen molar-refractivity contribution in [3.05, 3.63) is 59.3 Å². The Morgan fingerprint density at radius 3 is 2.69 bits per heavy atom. The van der Waals surface area contributed by atoms with Crippen LogP contribution in [0.2, 0.25) is 0 Å². The highest BCUT2D eigenvalue weighted by Crippen LogP contribution is 2.38. The zero-order valence-corrected chi connectivity index (χ0v) is 13.8. The van der Waals surface area contributed by atoms with Gasteiger partial charge in [-0.1, -0.05) is 23.4 Å². The summed E-state index contributed by atoms with van der Waals surface area (Å²) in [4.78, 5) is 15.4. The summed E-state index contributed by atoms with van der Waals surface area (Å²) in [7, 11) is 1.59. The Kier molecular flexibility index (Phi) is 3.85. The lowest BCUT2D eigenvalue weighted by Crippen LogP contribution is -2.00. The first-order chi connectivity index (χ1) is 12.7. The van der Waals surface area contributed by atoms with Gasteiger partial charge in [0.05, 0.1) is 19.2 Å². The number of nitrogens with zero attached hydrogens (tertiary/aromatic N) is 4. The molecule has 26 heavy (non-hydrogen) atoms. The first-order valence-electron chi connectivity index (χ1n) is 7.82. The minimum absolute atomic E-state index is 0.000488. The molecule has 130 valence electrons. The van der Waals surface area contributed by atoms with E-state index in [4.69, 9.17) is 9.26 Å². The molecular weight excluding hydrogens is 336 g/mol. The van der Waals surface area contributed by atoms with E-state index in [0.29, 0.717) is 22.6 Å². The van der Waals surface area contributed by atoms with E-state index in [2.05, 4.69) is 15.3 Å². The Morgan fingerprint density at radius 1 is 1.19 bits per heavy atom. The molecule has 0 saturated heterocycles. The number of hydrogen-bond donors (Lipinski definition) is 1. The molecule has 0 atom stereocenters. The summed E-state index contributed by atoms with van der Waals surface area (Å²) in [6.07, 6.45) is 0. The second-order valence-electron chi connectivity index (χ2n) is 5.61. The molecule has 0 fully saturated rings. The zero-order valence-electron chi connectivity index (χ0n) is 13.8. The molecule has 0 aliphatic rings. The molecule has 0 radical (unpaired) electrons. The Morgan fingerprint density at radius 2 is 1.96 bits per heavy atom. The van der Waals surface area contributed by atoms with E-state index in [9.17, 15) is 10.0 Å². The second-order valence-corrected chi connectivity index (χ2v) is 5.61. The van der Waals surface area contributed by atoms with Crippen molar-refractivity contribution < 1.29 is 14.4 Å². The predicted octanol–water partition coefficient (Wildman–Crippen LogP) is 3.85. The summed E-state index contributed by atoms with van der Waals surface area (Å²) >= 11 is 0. The topological polar surface area (TPSA) is 103 Å². The van der Waals surface area contributed by atoms with Gasteiger partial charge < -0.3 is 18.9 Å². The van der Waals surface area contributed by atoms with Crippen LogP contribution in [0, 0.1) is 4.91 Å². The van der Waals surface area contributed by atoms with Crippen molar-refractivity contribution in [3.63, 3.8) is 0 Å². The summed E-state index contributed by atoms with van der Waals surface area (Å²) < 4.78 is 11.9. The van der Waals surface area contributed by atoms with Crippen LogP contribution in [-0.2, 0) is 6.54 Å². The first-order valence-corrected chi connectivity index (χ1v) is 7.82. The van der Waals surface area contributed by atoms with Crippen LogP contribution in [0.1, 0.15) is 5.82 Å². The van der Waals surface area contributed by atoms with Gasteiger partial charge in [-0.2, -0.15) is 4.98 Å². The van der Waals surface area contributed by atoms with Crippen LogP contribution >= 0.6 is 0 Å². The largest absolute Gasteiger partial charge is 0.497 e. The third kappa shape index (κ3) is 2.57. The number of fused-ring (bicyclic) bond motifs is 1. The van der Waals surface area contributed by atoms with E-state index in [1.807, 2.05) is 18.2 Å². The Hall–Kier alpha value is -3.68. The van der Waals surface area contributed by atoms with Crippen molar-refractivity contribution in [3.8, 4) is 23.1 Å². The second kappa shape index (κ2) is 6.32. The van der Waals surface area contributed by atoms with E-state index in [0.717, 1.165) is 11.3 Å². The molecule has 4 rings (SSSR count). The highest BCUT2D eigenvalue weighted by molar-refractivity contribution is 5.95. The monoisotopic (exact) mass is 350 g/mol. The minimum atomic E-state index is -0.225. The molecule has 0 saturated carbocycles. The van der Waals surface area contributed by atoms with Gasteiger partial charge >= 0.3 is 0 Å². The molecule has 0 aliphatic heterocycles. The van der Waals surface area contributed by atoms with Crippen molar-refractivity contribution in [2.45, 2.75) is 6.54 Å². The molecule has 0 unspecified atom stereocenters. The molecule has 2 aromatic heterocycles. The fraction of sp³-hybridized carbons (Fsp3) is 0.111. The van der Waals surface area contributed by atoms with E-state index < -0.39 is 0 Å². The molecule has 0 spiro atoms. The van der Waals surface area contributed by atoms with Gasteiger partial charge in [0, 0.05) is 10.9 Å². The van der Waals surface area contributed by atoms with Crippen molar-refractivity contribution >= 4 is 16.6 Å². The minimum Gasteiger partial charge on any atom is -0.497 e. The Bertz CT molecular complexity index is 1080. The molecule has 8 heteroatoms. The molecule has 1 N–H and O–H groups in total. The highest BCUT2D eigenvalue weighted by Gasteiger charge is 2.19. The fourth-order valence-electron chi connectivity index (χ4n) is 2.83. The van der Waals surface area contributed by atoms with E-state index >= 15 is 0 Å². The zero-order chi connectivity index (χ0) is 18.1. The number of para-hydroxylation sites is 1. The maximum atomic E-state index is 11.1.